The quantitative estimate of drug-likeness (QED) is 0.627. The van der Waals surface area contributed by atoms with Gasteiger partial charge in [0.25, 0.3) is 0 Å². The van der Waals surface area contributed by atoms with Crippen molar-refractivity contribution in [2.75, 3.05) is 13.2 Å². The summed E-state index contributed by atoms with van der Waals surface area (Å²) in [6, 6.07) is 8.48. The number of nitrogens with one attached hydrogen (secondary N) is 2. The van der Waals surface area contributed by atoms with Gasteiger partial charge in [-0.15, -0.1) is 0 Å². The number of pyridine rings is 1. The Morgan fingerprint density at radius 2 is 2.09 bits per heavy atom. The Hall–Kier alpha value is -2.11. The van der Waals surface area contributed by atoms with Crippen LogP contribution in [0.15, 0.2) is 36.7 Å². The lowest BCUT2D eigenvalue weighted by molar-refractivity contribution is 0.104. The fourth-order valence-electron chi connectivity index (χ4n) is 2.61. The molecule has 0 aliphatic heterocycles. The Kier molecular flexibility index (Phi) is 4.79. The summed E-state index contributed by atoms with van der Waals surface area (Å²) in [6.07, 6.45) is 3.98. The molecule has 0 amide bonds. The molecule has 5 nitrogen and oxygen atoms in total. The van der Waals surface area contributed by atoms with E-state index >= 15 is 0 Å². The normalized spacial score (nSPS) is 14.2. The van der Waals surface area contributed by atoms with E-state index in [1.165, 1.54) is 0 Å². The fraction of sp³-hybridized carbons (Fsp3) is 0.389. The lowest BCUT2D eigenvalue weighted by Crippen LogP contribution is -2.36. The van der Waals surface area contributed by atoms with Gasteiger partial charge in [-0.25, -0.2) is 0 Å². The van der Waals surface area contributed by atoms with Crippen LogP contribution in [-0.2, 0) is 0 Å². The third-order valence-corrected chi connectivity index (χ3v) is 4.12. The van der Waals surface area contributed by atoms with Crippen LogP contribution in [-0.4, -0.2) is 40.4 Å². The smallest absolute Gasteiger partial charge is 0.147 e. The number of aliphatic hydroxyl groups excluding tert-OH is 1. The third-order valence-electron chi connectivity index (χ3n) is 4.12. The number of benzene rings is 1. The summed E-state index contributed by atoms with van der Waals surface area (Å²) in [5.41, 5.74) is 2.00. The van der Waals surface area contributed by atoms with E-state index in [4.69, 9.17) is 4.74 Å². The lowest BCUT2D eigenvalue weighted by Gasteiger charge is -2.16. The predicted octanol–water partition coefficient (Wildman–Crippen LogP) is 2.84. The topological polar surface area (TPSA) is 70.2 Å². The van der Waals surface area contributed by atoms with E-state index in [2.05, 4.69) is 35.2 Å². The molecule has 2 atom stereocenters. The summed E-state index contributed by atoms with van der Waals surface area (Å²) in [4.78, 5) is 7.56. The van der Waals surface area contributed by atoms with Crippen molar-refractivity contribution in [3.05, 3.63) is 36.7 Å². The monoisotopic (exact) mass is 313 g/mol. The molecule has 23 heavy (non-hydrogen) atoms. The molecule has 2 unspecified atom stereocenters. The van der Waals surface area contributed by atoms with E-state index in [0.29, 0.717) is 18.3 Å². The summed E-state index contributed by atoms with van der Waals surface area (Å²) >= 11 is 0. The van der Waals surface area contributed by atoms with Gasteiger partial charge in [0.05, 0.1) is 23.3 Å². The van der Waals surface area contributed by atoms with Gasteiger partial charge in [0.1, 0.15) is 18.5 Å². The minimum atomic E-state index is -0.551. The Balaban J connectivity index is 1.75. The molecule has 0 aliphatic rings. The first-order valence-corrected chi connectivity index (χ1v) is 8.07. The Morgan fingerprint density at radius 3 is 2.91 bits per heavy atom. The minimum absolute atomic E-state index is 0.240. The highest BCUT2D eigenvalue weighted by Gasteiger charge is 2.12. The van der Waals surface area contributed by atoms with E-state index in [-0.39, 0.29) is 6.61 Å². The highest BCUT2D eigenvalue weighted by molar-refractivity contribution is 6.09. The molecular weight excluding hydrogens is 290 g/mol. The van der Waals surface area contributed by atoms with Crippen molar-refractivity contribution >= 4 is 21.8 Å². The van der Waals surface area contributed by atoms with Crippen LogP contribution in [0.3, 0.4) is 0 Å². The van der Waals surface area contributed by atoms with Crippen molar-refractivity contribution in [1.82, 2.24) is 15.3 Å². The summed E-state index contributed by atoms with van der Waals surface area (Å²) in [5, 5.41) is 15.5. The molecule has 3 rings (SSSR count). The second kappa shape index (κ2) is 6.98. The molecule has 3 N–H and O–H groups in total. The number of hydrogen-bond acceptors (Lipinski definition) is 4. The van der Waals surface area contributed by atoms with Gasteiger partial charge in [-0.1, -0.05) is 25.1 Å². The number of nitrogens with zero attached hydrogens (tertiary/aromatic N) is 1. The van der Waals surface area contributed by atoms with Crippen molar-refractivity contribution in [3.63, 3.8) is 0 Å². The van der Waals surface area contributed by atoms with Gasteiger partial charge < -0.3 is 20.1 Å². The van der Waals surface area contributed by atoms with Crippen molar-refractivity contribution in [1.29, 1.82) is 0 Å². The molecule has 0 saturated heterocycles. The van der Waals surface area contributed by atoms with Gasteiger partial charge in [-0.3, -0.25) is 4.98 Å². The van der Waals surface area contributed by atoms with Crippen LogP contribution >= 0.6 is 0 Å². The highest BCUT2D eigenvalue weighted by Crippen LogP contribution is 2.32. The van der Waals surface area contributed by atoms with Crippen LogP contribution in [0, 0.1) is 0 Å². The fourth-order valence-corrected chi connectivity index (χ4v) is 2.61. The maximum absolute atomic E-state index is 10.1. The van der Waals surface area contributed by atoms with Gasteiger partial charge in [-0.05, 0) is 19.4 Å². The Bertz CT molecular complexity index is 784. The molecule has 0 radical (unpaired) electrons. The number of aromatic nitrogens is 2. The van der Waals surface area contributed by atoms with Crippen molar-refractivity contribution in [2.24, 2.45) is 0 Å². The maximum Gasteiger partial charge on any atom is 0.147 e. The van der Waals surface area contributed by atoms with Crippen LogP contribution in [0.2, 0.25) is 0 Å². The molecule has 1 aromatic carbocycles. The zero-order valence-corrected chi connectivity index (χ0v) is 13.5. The number of rotatable bonds is 7. The number of aromatic amines is 1. The van der Waals surface area contributed by atoms with Crippen molar-refractivity contribution in [2.45, 2.75) is 32.4 Å². The van der Waals surface area contributed by atoms with Gasteiger partial charge in [0.15, 0.2) is 0 Å². The first kappa shape index (κ1) is 15.8. The number of H-pyrrole nitrogens is 1. The molecule has 2 heterocycles. The minimum Gasteiger partial charge on any atom is -0.488 e. The molecule has 0 saturated carbocycles. The Morgan fingerprint density at radius 1 is 1.26 bits per heavy atom. The molecule has 0 fully saturated rings. The molecule has 2 aromatic heterocycles. The molecule has 0 bridgehead atoms. The van der Waals surface area contributed by atoms with Crippen molar-refractivity contribution < 1.29 is 9.84 Å². The van der Waals surface area contributed by atoms with E-state index < -0.39 is 6.10 Å². The summed E-state index contributed by atoms with van der Waals surface area (Å²) < 4.78 is 5.84. The van der Waals surface area contributed by atoms with Gasteiger partial charge in [0, 0.05) is 23.5 Å². The number of para-hydroxylation sites is 1. The average Bonchev–Trinajstić information content (AvgIpc) is 2.96. The number of ether oxygens (including phenoxy) is 1. The first-order valence-electron chi connectivity index (χ1n) is 8.07. The van der Waals surface area contributed by atoms with E-state index in [0.717, 1.165) is 28.2 Å². The highest BCUT2D eigenvalue weighted by atomic mass is 16.5. The number of hydrogen-bond donors (Lipinski definition) is 3. The molecule has 5 heteroatoms. The molecule has 0 spiro atoms. The Labute approximate surface area is 135 Å². The first-order chi connectivity index (χ1) is 11.2. The largest absolute Gasteiger partial charge is 0.488 e. The zero-order valence-electron chi connectivity index (χ0n) is 13.5. The van der Waals surface area contributed by atoms with E-state index in [1.807, 2.05) is 18.2 Å². The summed E-state index contributed by atoms with van der Waals surface area (Å²) in [6.45, 7) is 4.98. The second-order valence-corrected chi connectivity index (χ2v) is 5.91. The molecule has 122 valence electrons. The zero-order chi connectivity index (χ0) is 16.2. The van der Waals surface area contributed by atoms with Crippen LogP contribution in [0.25, 0.3) is 21.8 Å². The summed E-state index contributed by atoms with van der Waals surface area (Å²) in [5.74, 6) is 0.697. The average molecular weight is 313 g/mol. The molecular formula is C18H23N3O2. The SMILES string of the molecule is CCC(C)NCC(O)COc1cncc2[nH]c3ccccc3c12. The lowest BCUT2D eigenvalue weighted by atomic mass is 10.2. The van der Waals surface area contributed by atoms with Crippen LogP contribution in [0.5, 0.6) is 5.75 Å². The number of aliphatic hydroxyl groups is 1. The maximum atomic E-state index is 10.1. The number of fused-ring (bicyclic) bond motifs is 3. The third kappa shape index (κ3) is 3.46. The second-order valence-electron chi connectivity index (χ2n) is 5.91. The summed E-state index contributed by atoms with van der Waals surface area (Å²) in [7, 11) is 0. The van der Waals surface area contributed by atoms with Gasteiger partial charge >= 0.3 is 0 Å². The molecule has 3 aromatic rings. The van der Waals surface area contributed by atoms with Crippen LogP contribution < -0.4 is 10.1 Å². The van der Waals surface area contributed by atoms with Gasteiger partial charge in [-0.2, -0.15) is 0 Å². The predicted molar refractivity (Wildman–Crippen MR) is 92.9 cm³/mol. The molecule has 0 aliphatic carbocycles. The van der Waals surface area contributed by atoms with Crippen molar-refractivity contribution in [3.8, 4) is 5.75 Å². The van der Waals surface area contributed by atoms with E-state index in [9.17, 15) is 5.11 Å². The van der Waals surface area contributed by atoms with Crippen LogP contribution in [0.4, 0.5) is 0 Å². The van der Waals surface area contributed by atoms with Crippen LogP contribution in [0.1, 0.15) is 20.3 Å². The standard InChI is InChI=1S/C18H23N3O2/c1-3-12(2)20-8-13(22)11-23-17-10-19-9-16-18(17)14-6-4-5-7-15(14)21-16/h4-7,9-10,12-13,20-22H,3,8,11H2,1-2H3. The van der Waals surface area contributed by atoms with E-state index in [1.54, 1.807) is 12.4 Å². The van der Waals surface area contributed by atoms with Gasteiger partial charge in [0.2, 0.25) is 0 Å².